The van der Waals surface area contributed by atoms with E-state index in [1.54, 1.807) is 0 Å². The summed E-state index contributed by atoms with van der Waals surface area (Å²) >= 11 is 0. The second-order valence-corrected chi connectivity index (χ2v) is 11.4. The summed E-state index contributed by atoms with van der Waals surface area (Å²) in [5, 5.41) is 0. The van der Waals surface area contributed by atoms with Gasteiger partial charge in [0.1, 0.15) is 48.5 Å². The number of nitrogens with zero attached hydrogens (tertiary/aromatic N) is 4. The number of aromatic nitrogens is 4. The van der Waals surface area contributed by atoms with Crippen LogP contribution in [-0.2, 0) is 36.7 Å². The third-order valence-electron chi connectivity index (χ3n) is 6.03. The Morgan fingerprint density at radius 1 is 0.763 bits per heavy atom. The van der Waals surface area contributed by atoms with Crippen LogP contribution in [0.2, 0.25) is 0 Å². The maximum atomic E-state index is 12.8. The van der Waals surface area contributed by atoms with Crippen molar-refractivity contribution in [3.8, 4) is 0 Å². The number of anilines is 2. The lowest BCUT2D eigenvalue weighted by Gasteiger charge is -2.26. The third-order valence-corrected chi connectivity index (χ3v) is 8.05. The van der Waals surface area contributed by atoms with Crippen LogP contribution in [0.4, 0.5) is 11.6 Å². The molecule has 5 rings (SSSR count). The van der Waals surface area contributed by atoms with E-state index >= 15 is 0 Å². The van der Waals surface area contributed by atoms with Crippen LogP contribution in [0.5, 0.6) is 0 Å². The fraction of sp³-hybridized carbons (Fsp3) is 0.556. The molecule has 3 aliphatic rings. The van der Waals surface area contributed by atoms with E-state index in [-0.39, 0.29) is 24.5 Å². The summed E-state index contributed by atoms with van der Waals surface area (Å²) in [6, 6.07) is 2.70. The molecular weight excluding hydrogens is 554 g/mol. The van der Waals surface area contributed by atoms with E-state index in [1.807, 2.05) is 0 Å². The number of ether oxygens (including phenoxy) is 2. The number of nitrogen functional groups attached to an aromatic ring is 2. The Morgan fingerprint density at radius 2 is 1.16 bits per heavy atom. The maximum absolute atomic E-state index is 12.8. The minimum atomic E-state index is -4.76. The minimum absolute atomic E-state index is 0.0190. The molecule has 0 spiro atoms. The summed E-state index contributed by atoms with van der Waals surface area (Å²) in [5.41, 5.74) is 9.51. The second kappa shape index (κ2) is 10.2. The number of fused-ring (bicyclic) bond motifs is 2. The molecule has 0 saturated carbocycles. The van der Waals surface area contributed by atoms with Crippen molar-refractivity contribution >= 4 is 27.3 Å². The zero-order chi connectivity index (χ0) is 27.2. The van der Waals surface area contributed by atoms with Crippen LogP contribution in [0.1, 0.15) is 25.3 Å². The molecule has 5 heterocycles. The van der Waals surface area contributed by atoms with Crippen molar-refractivity contribution in [1.82, 2.24) is 19.1 Å². The topological polar surface area (TPSA) is 252 Å². The molecule has 6 N–H and O–H groups in total. The highest BCUT2D eigenvalue weighted by Crippen LogP contribution is 2.53. The SMILES string of the molecule is Nc1ccn([C@H]2C[C@@H]3OP(=O)(O)OC[C@H]4O[C@@H](n5ccc(N)nc5=O)C[C@@H]4OP(=O)(O)OC[C@H]3O2)c(=O)n1. The van der Waals surface area contributed by atoms with Crippen LogP contribution in [0.25, 0.3) is 0 Å². The fourth-order valence-electron chi connectivity index (χ4n) is 4.29. The van der Waals surface area contributed by atoms with Gasteiger partial charge in [0, 0.05) is 25.2 Å². The van der Waals surface area contributed by atoms with Crippen LogP contribution in [0.3, 0.4) is 0 Å². The van der Waals surface area contributed by atoms with Gasteiger partial charge >= 0.3 is 27.0 Å². The van der Waals surface area contributed by atoms with Crippen molar-refractivity contribution in [3.63, 3.8) is 0 Å². The molecule has 3 fully saturated rings. The predicted molar refractivity (Wildman–Crippen MR) is 124 cm³/mol. The molecular formula is C18H24N6O12P2. The highest BCUT2D eigenvalue weighted by atomic mass is 31.2. The molecule has 18 nitrogen and oxygen atoms in total. The van der Waals surface area contributed by atoms with Crippen LogP contribution in [-0.4, -0.2) is 66.5 Å². The van der Waals surface area contributed by atoms with E-state index in [9.17, 15) is 28.5 Å². The van der Waals surface area contributed by atoms with Gasteiger partial charge in [-0.1, -0.05) is 0 Å². The summed E-state index contributed by atoms with van der Waals surface area (Å²) in [4.78, 5) is 52.4. The highest BCUT2D eigenvalue weighted by molar-refractivity contribution is 7.47. The van der Waals surface area contributed by atoms with E-state index < -0.39 is 77.1 Å². The van der Waals surface area contributed by atoms with Gasteiger partial charge in [-0.25, -0.2) is 18.7 Å². The number of nitrogens with two attached hydrogens (primary N) is 2. The van der Waals surface area contributed by atoms with Gasteiger partial charge < -0.3 is 30.7 Å². The maximum Gasteiger partial charge on any atom is 0.472 e. The molecule has 2 unspecified atom stereocenters. The smallest absolute Gasteiger partial charge is 0.383 e. The third kappa shape index (κ3) is 5.89. The standard InChI is InChI=1S/C18H24N6O12P2/c19-13-1-3-23(17(25)21-13)15-5-9-11(33-15)7-31-38(29,30)36-10-6-16(24-4-2-14(20)22-18(24)26)34-12(10)8-32-37(27,28)35-9/h1-4,9-12,15-16H,5-8H2,(H,27,28)(H,29,30)(H2,19,21,25)(H2,20,22,26)/t9-,10-,11+,12+,15+,16+/m0/s1. The Kier molecular flexibility index (Phi) is 7.30. The average molecular weight is 578 g/mol. The molecule has 8 atom stereocenters. The Labute approximate surface area is 213 Å². The van der Waals surface area contributed by atoms with Gasteiger partial charge in [-0.05, 0) is 12.1 Å². The first-order chi connectivity index (χ1) is 17.9. The summed E-state index contributed by atoms with van der Waals surface area (Å²) in [7, 11) is -9.52. The lowest BCUT2D eigenvalue weighted by molar-refractivity contribution is -0.0678. The summed E-state index contributed by atoms with van der Waals surface area (Å²) in [6.45, 7) is -1.23. The molecule has 38 heavy (non-hydrogen) atoms. The van der Waals surface area contributed by atoms with Crippen LogP contribution in [0.15, 0.2) is 34.1 Å². The Balaban J connectivity index is 1.36. The molecule has 0 aromatic carbocycles. The van der Waals surface area contributed by atoms with Crippen LogP contribution >= 0.6 is 15.6 Å². The molecule has 0 amide bonds. The monoisotopic (exact) mass is 578 g/mol. The number of rotatable bonds is 2. The molecule has 208 valence electrons. The zero-order valence-electron chi connectivity index (χ0n) is 19.4. The first-order valence-electron chi connectivity index (χ1n) is 11.2. The van der Waals surface area contributed by atoms with Gasteiger partial charge in [-0.15, -0.1) is 0 Å². The second-order valence-electron chi connectivity index (χ2n) is 8.63. The quantitative estimate of drug-likeness (QED) is 0.320. The Bertz CT molecular complexity index is 1310. The summed E-state index contributed by atoms with van der Waals surface area (Å²) in [6.07, 6.45) is -4.45. The number of phosphoric acid groups is 2. The van der Waals surface area contributed by atoms with Gasteiger partial charge in [-0.2, -0.15) is 9.97 Å². The van der Waals surface area contributed by atoms with E-state index in [1.165, 1.54) is 24.5 Å². The molecule has 0 bridgehead atoms. The van der Waals surface area contributed by atoms with Crippen molar-refractivity contribution in [2.75, 3.05) is 24.7 Å². The van der Waals surface area contributed by atoms with Crippen molar-refractivity contribution in [2.45, 2.75) is 49.7 Å². The summed E-state index contributed by atoms with van der Waals surface area (Å²) in [5.74, 6) is -0.0380. The van der Waals surface area contributed by atoms with E-state index in [4.69, 9.17) is 39.0 Å². The molecule has 3 aliphatic heterocycles. The molecule has 0 aliphatic carbocycles. The van der Waals surface area contributed by atoms with Crippen LogP contribution < -0.4 is 22.8 Å². The van der Waals surface area contributed by atoms with Crippen molar-refractivity contribution in [2.24, 2.45) is 0 Å². The van der Waals surface area contributed by atoms with Gasteiger partial charge in [0.25, 0.3) is 0 Å². The average Bonchev–Trinajstić information content (AvgIpc) is 3.39. The van der Waals surface area contributed by atoms with Crippen molar-refractivity contribution in [3.05, 3.63) is 45.5 Å². The molecule has 2 aromatic heterocycles. The molecule has 0 radical (unpaired) electrons. The highest BCUT2D eigenvalue weighted by Gasteiger charge is 2.47. The Morgan fingerprint density at radius 3 is 1.53 bits per heavy atom. The van der Waals surface area contributed by atoms with E-state index in [0.29, 0.717) is 0 Å². The predicted octanol–water partition coefficient (Wildman–Crippen LogP) is -0.742. The zero-order valence-corrected chi connectivity index (χ0v) is 21.2. The van der Waals surface area contributed by atoms with E-state index in [2.05, 4.69) is 9.97 Å². The minimum Gasteiger partial charge on any atom is -0.383 e. The number of phosphoric ester groups is 2. The first kappa shape index (κ1) is 27.1. The molecule has 2 aromatic rings. The summed E-state index contributed by atoms with van der Waals surface area (Å²) < 4.78 is 59.9. The van der Waals surface area contributed by atoms with Gasteiger partial charge in [-0.3, -0.25) is 27.2 Å². The van der Waals surface area contributed by atoms with Gasteiger partial charge in [0.2, 0.25) is 0 Å². The van der Waals surface area contributed by atoms with Gasteiger partial charge in [0.05, 0.1) is 13.2 Å². The van der Waals surface area contributed by atoms with E-state index in [0.717, 1.165) is 9.13 Å². The lowest BCUT2D eigenvalue weighted by Crippen LogP contribution is -2.32. The normalized spacial score (nSPS) is 38.1. The van der Waals surface area contributed by atoms with Crippen molar-refractivity contribution < 1.29 is 46.5 Å². The molecule has 20 heteroatoms. The largest absolute Gasteiger partial charge is 0.472 e. The first-order valence-corrected chi connectivity index (χ1v) is 14.2. The lowest BCUT2D eigenvalue weighted by atomic mass is 10.2. The van der Waals surface area contributed by atoms with Gasteiger partial charge in [0.15, 0.2) is 0 Å². The molecule has 3 saturated heterocycles. The Hall–Kier alpha value is -2.50. The fourth-order valence-corrected chi connectivity index (χ4v) is 6.21. The van der Waals surface area contributed by atoms with Crippen molar-refractivity contribution in [1.29, 1.82) is 0 Å². The number of hydrogen-bond donors (Lipinski definition) is 4. The van der Waals surface area contributed by atoms with Crippen LogP contribution in [0, 0.1) is 0 Å². The number of hydrogen-bond acceptors (Lipinski definition) is 14.